The first-order valence-corrected chi connectivity index (χ1v) is 10.6. The van der Waals surface area contributed by atoms with Gasteiger partial charge < -0.3 is 20.9 Å². The lowest BCUT2D eigenvalue weighted by Crippen LogP contribution is -2.61. The van der Waals surface area contributed by atoms with Crippen LogP contribution in [-0.2, 0) is 4.79 Å². The Morgan fingerprint density at radius 3 is 2.12 bits per heavy atom. The highest BCUT2D eigenvalue weighted by Crippen LogP contribution is 2.55. The van der Waals surface area contributed by atoms with Gasteiger partial charge in [0, 0.05) is 37.6 Å². The molecule has 0 aromatic heterocycles. The van der Waals surface area contributed by atoms with Crippen molar-refractivity contribution in [3.05, 3.63) is 0 Å². The van der Waals surface area contributed by atoms with Crippen LogP contribution in [0.1, 0.15) is 57.8 Å². The van der Waals surface area contributed by atoms with Crippen molar-refractivity contribution in [2.75, 3.05) is 26.7 Å². The molecule has 0 aromatic carbocycles. The Morgan fingerprint density at radius 2 is 1.58 bits per heavy atom. The Balaban J connectivity index is 1.18. The number of piperidine rings is 1. The molecule has 0 atom stereocenters. The van der Waals surface area contributed by atoms with Gasteiger partial charge in [0.15, 0.2) is 0 Å². The summed E-state index contributed by atoms with van der Waals surface area (Å²) < 4.78 is 0. The summed E-state index contributed by atoms with van der Waals surface area (Å²) in [4.78, 5) is 26.7. The van der Waals surface area contributed by atoms with Gasteiger partial charge in [-0.15, -0.1) is 0 Å². The summed E-state index contributed by atoms with van der Waals surface area (Å²) >= 11 is 0. The van der Waals surface area contributed by atoms with Gasteiger partial charge in [0.25, 0.3) is 0 Å². The summed E-state index contributed by atoms with van der Waals surface area (Å²) in [5, 5.41) is 9.53. The number of hydrogen-bond acceptors (Lipinski definition) is 3. The van der Waals surface area contributed by atoms with Crippen LogP contribution < -0.4 is 16.0 Å². The van der Waals surface area contributed by atoms with Gasteiger partial charge in [-0.05, 0) is 76.2 Å². The smallest absolute Gasteiger partial charge is 0.315 e. The normalized spacial score (nSPS) is 36.2. The van der Waals surface area contributed by atoms with Crippen molar-refractivity contribution in [1.82, 2.24) is 20.9 Å². The molecule has 26 heavy (non-hydrogen) atoms. The number of rotatable bonds is 5. The minimum atomic E-state index is -0.0753. The summed E-state index contributed by atoms with van der Waals surface area (Å²) in [5.74, 6) is 2.63. The van der Waals surface area contributed by atoms with E-state index in [1.807, 2.05) is 11.9 Å². The quantitative estimate of drug-likeness (QED) is 0.699. The third-order valence-electron chi connectivity index (χ3n) is 7.30. The summed E-state index contributed by atoms with van der Waals surface area (Å²) in [7, 11) is 1.98. The van der Waals surface area contributed by atoms with Crippen molar-refractivity contribution in [1.29, 1.82) is 0 Å². The average Bonchev–Trinajstić information content (AvgIpc) is 2.60. The van der Waals surface area contributed by atoms with E-state index < -0.39 is 0 Å². The molecule has 4 aliphatic carbocycles. The van der Waals surface area contributed by atoms with Gasteiger partial charge in [0.1, 0.15) is 0 Å². The fourth-order valence-corrected chi connectivity index (χ4v) is 6.41. The van der Waals surface area contributed by atoms with Gasteiger partial charge in [0.2, 0.25) is 5.91 Å². The fourth-order valence-electron chi connectivity index (χ4n) is 6.41. The number of hydrogen-bond donors (Lipinski definition) is 3. The van der Waals surface area contributed by atoms with Gasteiger partial charge in [-0.25, -0.2) is 4.79 Å². The topological polar surface area (TPSA) is 73.5 Å². The van der Waals surface area contributed by atoms with Crippen molar-refractivity contribution in [2.45, 2.75) is 69.4 Å². The van der Waals surface area contributed by atoms with Crippen LogP contribution in [0.3, 0.4) is 0 Å². The van der Waals surface area contributed by atoms with Gasteiger partial charge in [0.05, 0.1) is 0 Å². The van der Waals surface area contributed by atoms with Gasteiger partial charge in [-0.2, -0.15) is 0 Å². The Kier molecular flexibility index (Phi) is 5.13. The predicted molar refractivity (Wildman–Crippen MR) is 101 cm³/mol. The number of amides is 3. The van der Waals surface area contributed by atoms with Crippen LogP contribution in [0.5, 0.6) is 0 Å². The molecule has 3 N–H and O–H groups in total. The minimum absolute atomic E-state index is 0.0396. The number of urea groups is 1. The van der Waals surface area contributed by atoms with Crippen LogP contribution in [0.2, 0.25) is 0 Å². The number of carbonyl (C=O) groups excluding carboxylic acids is 2. The largest absolute Gasteiger partial charge is 0.343 e. The van der Waals surface area contributed by atoms with Crippen molar-refractivity contribution >= 4 is 11.9 Å². The molecule has 0 aromatic rings. The Bertz CT molecular complexity index is 507. The molecule has 0 spiro atoms. The van der Waals surface area contributed by atoms with Crippen molar-refractivity contribution in [3.8, 4) is 0 Å². The second-order valence-electron chi connectivity index (χ2n) is 9.27. The molecule has 0 unspecified atom stereocenters. The maximum atomic E-state index is 12.4. The monoisotopic (exact) mass is 362 g/mol. The lowest BCUT2D eigenvalue weighted by Gasteiger charge is -2.56. The predicted octanol–water partition coefficient (Wildman–Crippen LogP) is 1.85. The van der Waals surface area contributed by atoms with E-state index in [1.54, 1.807) is 0 Å². The summed E-state index contributed by atoms with van der Waals surface area (Å²) in [6.45, 7) is 2.08. The zero-order chi connectivity index (χ0) is 18.1. The van der Waals surface area contributed by atoms with Crippen molar-refractivity contribution in [3.63, 3.8) is 0 Å². The molecule has 6 nitrogen and oxygen atoms in total. The van der Waals surface area contributed by atoms with E-state index in [0.717, 1.165) is 62.9 Å². The summed E-state index contributed by atoms with van der Waals surface area (Å²) in [6.07, 6.45) is 10.0. The Labute approximate surface area is 156 Å². The highest BCUT2D eigenvalue weighted by atomic mass is 16.2. The van der Waals surface area contributed by atoms with Crippen LogP contribution in [0.15, 0.2) is 0 Å². The summed E-state index contributed by atoms with van der Waals surface area (Å²) in [6, 6.07) is 0.455. The van der Waals surface area contributed by atoms with Crippen LogP contribution in [-0.4, -0.2) is 55.1 Å². The zero-order valence-electron chi connectivity index (χ0n) is 16.1. The average molecular weight is 363 g/mol. The highest BCUT2D eigenvalue weighted by Gasteiger charge is 2.51. The maximum absolute atomic E-state index is 12.4. The second kappa shape index (κ2) is 7.37. The van der Waals surface area contributed by atoms with E-state index in [1.165, 1.54) is 19.3 Å². The first-order valence-electron chi connectivity index (χ1n) is 10.6. The van der Waals surface area contributed by atoms with Crippen LogP contribution >= 0.6 is 0 Å². The van der Waals surface area contributed by atoms with Crippen molar-refractivity contribution < 1.29 is 9.59 Å². The van der Waals surface area contributed by atoms with E-state index in [4.69, 9.17) is 0 Å². The first-order chi connectivity index (χ1) is 12.5. The number of nitrogens with zero attached hydrogens (tertiary/aromatic N) is 1. The molecule has 5 fully saturated rings. The van der Waals surface area contributed by atoms with E-state index in [0.29, 0.717) is 19.0 Å². The maximum Gasteiger partial charge on any atom is 0.315 e. The lowest BCUT2D eigenvalue weighted by molar-refractivity contribution is -0.132. The molecule has 5 rings (SSSR count). The Hall–Kier alpha value is -1.30. The number of likely N-dealkylation sites (tertiary alicyclic amines) is 1. The zero-order valence-corrected chi connectivity index (χ0v) is 16.1. The SMILES string of the molecule is CNC1CCN(C(=O)CCNC(=O)NC23CC4CC(CC(C4)C2)C3)CC1. The molecular weight excluding hydrogens is 328 g/mol. The highest BCUT2D eigenvalue weighted by molar-refractivity contribution is 5.78. The fraction of sp³-hybridized carbons (Fsp3) is 0.900. The third kappa shape index (κ3) is 3.85. The van der Waals surface area contributed by atoms with Crippen molar-refractivity contribution in [2.24, 2.45) is 17.8 Å². The van der Waals surface area contributed by atoms with Gasteiger partial charge in [-0.3, -0.25) is 4.79 Å². The third-order valence-corrected chi connectivity index (χ3v) is 7.30. The molecule has 4 saturated carbocycles. The Morgan fingerprint density at radius 1 is 1.00 bits per heavy atom. The van der Waals surface area contributed by atoms with E-state index in [2.05, 4.69) is 16.0 Å². The molecule has 4 bridgehead atoms. The molecule has 6 heteroatoms. The molecule has 1 saturated heterocycles. The molecule has 0 radical (unpaired) electrons. The van der Waals surface area contributed by atoms with Gasteiger partial charge in [-0.1, -0.05) is 0 Å². The number of nitrogens with one attached hydrogen (secondary N) is 3. The van der Waals surface area contributed by atoms with Crippen LogP contribution in [0.25, 0.3) is 0 Å². The van der Waals surface area contributed by atoms with Crippen LogP contribution in [0, 0.1) is 17.8 Å². The lowest BCUT2D eigenvalue weighted by atomic mass is 9.53. The minimum Gasteiger partial charge on any atom is -0.343 e. The molecule has 3 amide bonds. The second-order valence-corrected chi connectivity index (χ2v) is 9.27. The molecular formula is C20H34N4O2. The molecule has 1 heterocycles. The van der Waals surface area contributed by atoms with E-state index in [-0.39, 0.29) is 17.5 Å². The molecule has 146 valence electrons. The molecule has 1 aliphatic heterocycles. The van der Waals surface area contributed by atoms with E-state index in [9.17, 15) is 9.59 Å². The first kappa shape index (κ1) is 18.1. The standard InChI is InChI=1S/C20H34N4O2/c1-21-17-3-6-24(7-4-17)18(25)2-5-22-19(26)23-20-11-14-8-15(12-20)10-16(9-14)13-20/h14-17,21H,2-13H2,1H3,(H2,22,23,26). The van der Waals surface area contributed by atoms with Crippen LogP contribution in [0.4, 0.5) is 4.79 Å². The number of carbonyl (C=O) groups is 2. The molecule has 5 aliphatic rings. The summed E-state index contributed by atoms with van der Waals surface area (Å²) in [5.41, 5.74) is 0.0396. The van der Waals surface area contributed by atoms with Gasteiger partial charge >= 0.3 is 6.03 Å². The van der Waals surface area contributed by atoms with E-state index >= 15 is 0 Å².